The minimum absolute atomic E-state index is 0. The number of nitriles is 1. The average Bonchev–Trinajstić information content (AvgIpc) is 2.81. The van der Waals surface area contributed by atoms with Crippen molar-refractivity contribution in [3.05, 3.63) is 53.7 Å². The van der Waals surface area contributed by atoms with Gasteiger partial charge in [-0.1, -0.05) is 25.1 Å². The maximum Gasteiger partial charge on any atom is 0.213 e. The third-order valence-corrected chi connectivity index (χ3v) is 5.06. The fraction of sp³-hybridized carbons (Fsp3) is 0.435. The molecular formula is C23H31IN6O. The van der Waals surface area contributed by atoms with Crippen LogP contribution < -0.4 is 20.3 Å². The molecule has 0 aliphatic carbocycles. The van der Waals surface area contributed by atoms with Gasteiger partial charge in [0.2, 0.25) is 5.88 Å². The van der Waals surface area contributed by atoms with E-state index in [0.717, 1.165) is 55.1 Å². The molecule has 7 nitrogen and oxygen atoms in total. The number of halogens is 1. The molecule has 31 heavy (non-hydrogen) atoms. The normalized spacial score (nSPS) is 16.1. The Balaban J connectivity index is 0.00000341. The number of hydrogen-bond donors (Lipinski definition) is 2. The summed E-state index contributed by atoms with van der Waals surface area (Å²) in [5.41, 5.74) is 2.79. The third kappa shape index (κ3) is 7.28. The molecule has 0 bridgehead atoms. The molecule has 1 aromatic carbocycles. The lowest BCUT2D eigenvalue weighted by Crippen LogP contribution is -2.51. The van der Waals surface area contributed by atoms with E-state index in [4.69, 9.17) is 4.74 Å². The molecule has 166 valence electrons. The molecular weight excluding hydrogens is 503 g/mol. The van der Waals surface area contributed by atoms with Crippen LogP contribution in [-0.4, -0.2) is 43.7 Å². The predicted molar refractivity (Wildman–Crippen MR) is 135 cm³/mol. The zero-order valence-electron chi connectivity index (χ0n) is 18.2. The molecule has 2 N–H and O–H groups in total. The van der Waals surface area contributed by atoms with Crippen LogP contribution in [0.4, 0.5) is 5.69 Å². The van der Waals surface area contributed by atoms with Crippen LogP contribution in [0.2, 0.25) is 0 Å². The van der Waals surface area contributed by atoms with E-state index < -0.39 is 0 Å². The number of aliphatic imine (C=N–C) groups is 1. The van der Waals surface area contributed by atoms with Crippen LogP contribution in [0.5, 0.6) is 5.88 Å². The van der Waals surface area contributed by atoms with Crippen LogP contribution in [0.25, 0.3) is 0 Å². The van der Waals surface area contributed by atoms with Crippen LogP contribution in [-0.2, 0) is 6.54 Å². The molecule has 1 unspecified atom stereocenters. The Morgan fingerprint density at radius 1 is 1.32 bits per heavy atom. The van der Waals surface area contributed by atoms with Crippen molar-refractivity contribution in [2.24, 2.45) is 4.99 Å². The topological polar surface area (TPSA) is 85.6 Å². The van der Waals surface area contributed by atoms with Gasteiger partial charge in [-0.15, -0.1) is 24.0 Å². The quantitative estimate of drug-likeness (QED) is 0.320. The average molecular weight is 534 g/mol. The van der Waals surface area contributed by atoms with E-state index in [2.05, 4.69) is 38.5 Å². The van der Waals surface area contributed by atoms with Gasteiger partial charge >= 0.3 is 0 Å². The maximum absolute atomic E-state index is 9.40. The minimum Gasteiger partial charge on any atom is -0.478 e. The van der Waals surface area contributed by atoms with Crippen molar-refractivity contribution in [2.75, 3.05) is 31.6 Å². The molecule has 1 aromatic heterocycles. The number of pyridine rings is 1. The standard InChI is InChI=1S/C23H30N6O.HI/c1-3-13-30-22-11-10-18(15-26-22)16-27-23(25-2)28-20-8-6-12-29(17-20)21-9-5-4-7-19(21)14-24;/h4-5,7,9-11,15,20H,3,6,8,12-13,16-17H2,1-2H3,(H2,25,27,28);1H. The van der Waals surface area contributed by atoms with E-state index in [0.29, 0.717) is 19.0 Å². The molecule has 1 aliphatic rings. The fourth-order valence-electron chi connectivity index (χ4n) is 3.54. The molecule has 0 radical (unpaired) electrons. The number of benzene rings is 1. The molecule has 2 aromatic rings. The third-order valence-electron chi connectivity index (χ3n) is 5.06. The first-order chi connectivity index (χ1) is 14.7. The Kier molecular flexibility index (Phi) is 10.4. The first-order valence-corrected chi connectivity index (χ1v) is 10.5. The lowest BCUT2D eigenvalue weighted by Gasteiger charge is -2.35. The summed E-state index contributed by atoms with van der Waals surface area (Å²) in [5, 5.41) is 16.3. The van der Waals surface area contributed by atoms with E-state index >= 15 is 0 Å². The number of nitrogens with one attached hydrogen (secondary N) is 2. The number of hydrogen-bond acceptors (Lipinski definition) is 5. The van der Waals surface area contributed by atoms with Gasteiger partial charge in [-0.05, 0) is 37.0 Å². The second-order valence-corrected chi connectivity index (χ2v) is 7.34. The summed E-state index contributed by atoms with van der Waals surface area (Å²) in [5.74, 6) is 1.42. The zero-order chi connectivity index (χ0) is 21.2. The number of nitrogens with zero attached hydrogens (tertiary/aromatic N) is 4. The van der Waals surface area contributed by atoms with Crippen molar-refractivity contribution in [3.63, 3.8) is 0 Å². The zero-order valence-corrected chi connectivity index (χ0v) is 20.5. The smallest absolute Gasteiger partial charge is 0.213 e. The van der Waals surface area contributed by atoms with Gasteiger partial charge in [0.25, 0.3) is 0 Å². The molecule has 1 atom stereocenters. The number of guanidine groups is 1. The number of para-hydroxylation sites is 1. The van der Waals surface area contributed by atoms with Crippen molar-refractivity contribution >= 4 is 35.6 Å². The van der Waals surface area contributed by atoms with Crippen molar-refractivity contribution in [3.8, 4) is 11.9 Å². The highest BCUT2D eigenvalue weighted by Gasteiger charge is 2.22. The molecule has 1 aliphatic heterocycles. The van der Waals surface area contributed by atoms with Crippen LogP contribution in [0.1, 0.15) is 37.3 Å². The van der Waals surface area contributed by atoms with Gasteiger partial charge in [0.15, 0.2) is 5.96 Å². The summed E-state index contributed by atoms with van der Waals surface area (Å²) in [6.07, 6.45) is 4.93. The number of ether oxygens (including phenoxy) is 1. The van der Waals surface area contributed by atoms with E-state index in [1.165, 1.54) is 0 Å². The maximum atomic E-state index is 9.40. The van der Waals surface area contributed by atoms with E-state index in [-0.39, 0.29) is 30.0 Å². The summed E-state index contributed by atoms with van der Waals surface area (Å²) in [7, 11) is 1.78. The number of piperidine rings is 1. The van der Waals surface area contributed by atoms with Gasteiger partial charge in [-0.2, -0.15) is 5.26 Å². The highest BCUT2D eigenvalue weighted by atomic mass is 127. The fourth-order valence-corrected chi connectivity index (χ4v) is 3.54. The lowest BCUT2D eigenvalue weighted by atomic mass is 10.0. The Morgan fingerprint density at radius 3 is 2.87 bits per heavy atom. The molecule has 1 fully saturated rings. The van der Waals surface area contributed by atoms with Crippen molar-refractivity contribution in [1.82, 2.24) is 15.6 Å². The van der Waals surface area contributed by atoms with Crippen molar-refractivity contribution in [2.45, 2.75) is 38.8 Å². The summed E-state index contributed by atoms with van der Waals surface area (Å²) in [4.78, 5) is 11.0. The molecule has 0 saturated carbocycles. The summed E-state index contributed by atoms with van der Waals surface area (Å²) < 4.78 is 5.53. The Morgan fingerprint density at radius 2 is 2.16 bits per heavy atom. The monoisotopic (exact) mass is 534 g/mol. The number of aromatic nitrogens is 1. The molecule has 8 heteroatoms. The van der Waals surface area contributed by atoms with Crippen LogP contribution >= 0.6 is 24.0 Å². The van der Waals surface area contributed by atoms with Crippen molar-refractivity contribution in [1.29, 1.82) is 5.26 Å². The van der Waals surface area contributed by atoms with Gasteiger partial charge < -0.3 is 20.3 Å². The van der Waals surface area contributed by atoms with Gasteiger partial charge in [0.05, 0.1) is 17.9 Å². The summed E-state index contributed by atoms with van der Waals surface area (Å²) >= 11 is 0. The van der Waals surface area contributed by atoms with Gasteiger partial charge in [-0.3, -0.25) is 4.99 Å². The first-order valence-electron chi connectivity index (χ1n) is 10.5. The highest BCUT2D eigenvalue weighted by molar-refractivity contribution is 14.0. The van der Waals surface area contributed by atoms with Crippen LogP contribution in [0.3, 0.4) is 0 Å². The Labute approximate surface area is 201 Å². The molecule has 3 rings (SSSR count). The first kappa shape index (κ1) is 24.7. The molecule has 0 spiro atoms. The predicted octanol–water partition coefficient (Wildman–Crippen LogP) is 3.69. The minimum atomic E-state index is 0. The second kappa shape index (κ2) is 13.0. The molecule has 1 saturated heterocycles. The van der Waals surface area contributed by atoms with E-state index in [1.54, 1.807) is 7.05 Å². The summed E-state index contributed by atoms with van der Waals surface area (Å²) in [6, 6.07) is 14.3. The van der Waals surface area contributed by atoms with E-state index in [1.807, 2.05) is 42.6 Å². The molecule has 2 heterocycles. The largest absolute Gasteiger partial charge is 0.478 e. The van der Waals surface area contributed by atoms with Crippen molar-refractivity contribution < 1.29 is 4.74 Å². The Hall–Kier alpha value is -2.54. The van der Waals surface area contributed by atoms with E-state index in [9.17, 15) is 5.26 Å². The van der Waals surface area contributed by atoms with Crippen LogP contribution in [0.15, 0.2) is 47.6 Å². The number of rotatable bonds is 7. The summed E-state index contributed by atoms with van der Waals surface area (Å²) in [6.45, 7) is 5.18. The second-order valence-electron chi connectivity index (χ2n) is 7.34. The Bertz CT molecular complexity index is 880. The number of anilines is 1. The van der Waals surface area contributed by atoms with Gasteiger partial charge in [-0.25, -0.2) is 4.98 Å². The van der Waals surface area contributed by atoms with Gasteiger partial charge in [0, 0.05) is 45.0 Å². The highest BCUT2D eigenvalue weighted by Crippen LogP contribution is 2.23. The van der Waals surface area contributed by atoms with Crippen LogP contribution in [0, 0.1) is 11.3 Å². The van der Waals surface area contributed by atoms with Gasteiger partial charge in [0.1, 0.15) is 6.07 Å². The lowest BCUT2D eigenvalue weighted by molar-refractivity contribution is 0.305. The molecule has 0 amide bonds. The SMILES string of the molecule is CCCOc1ccc(CNC(=NC)NC2CCCN(c3ccccc3C#N)C2)cn1.I.